The molecule has 0 aromatic heterocycles. The molecule has 0 spiro atoms. The van der Waals surface area contributed by atoms with Gasteiger partial charge in [-0.05, 0) is 31.6 Å². The summed E-state index contributed by atoms with van der Waals surface area (Å²) in [5.74, 6) is 0.539. The Hall–Kier alpha value is -1.10. The molecule has 1 heterocycles. The van der Waals surface area contributed by atoms with Crippen molar-refractivity contribution in [3.05, 3.63) is 0 Å². The predicted molar refractivity (Wildman–Crippen MR) is 71.3 cm³/mol. The van der Waals surface area contributed by atoms with Crippen molar-refractivity contribution in [1.82, 2.24) is 10.2 Å². The van der Waals surface area contributed by atoms with Gasteiger partial charge in [0.1, 0.15) is 0 Å². The summed E-state index contributed by atoms with van der Waals surface area (Å²) in [6, 6.07) is 0.0186. The van der Waals surface area contributed by atoms with E-state index in [9.17, 15) is 9.59 Å². The quantitative estimate of drug-likeness (QED) is 0.707. The van der Waals surface area contributed by atoms with Crippen molar-refractivity contribution in [2.45, 2.75) is 45.1 Å². The summed E-state index contributed by atoms with van der Waals surface area (Å²) in [4.78, 5) is 25.8. The average molecular weight is 268 g/mol. The molecule has 108 valence electrons. The second-order valence-electron chi connectivity index (χ2n) is 5.77. The van der Waals surface area contributed by atoms with Gasteiger partial charge in [-0.3, -0.25) is 9.59 Å². The number of rotatable bonds is 7. The molecule has 0 aromatic carbocycles. The Bertz CT molecular complexity index is 342. The normalized spacial score (nSPS) is 24.6. The summed E-state index contributed by atoms with van der Waals surface area (Å²) < 4.78 is 0. The zero-order chi connectivity index (χ0) is 13.8. The molecule has 0 aromatic rings. The van der Waals surface area contributed by atoms with Gasteiger partial charge in [0, 0.05) is 32.2 Å². The first-order valence-corrected chi connectivity index (χ1v) is 7.33. The second kappa shape index (κ2) is 6.37. The summed E-state index contributed by atoms with van der Waals surface area (Å²) in [5.41, 5.74) is 0. The first-order chi connectivity index (χ1) is 9.13. The first-order valence-electron chi connectivity index (χ1n) is 7.33. The van der Waals surface area contributed by atoms with Crippen LogP contribution in [-0.4, -0.2) is 47.6 Å². The van der Waals surface area contributed by atoms with Crippen molar-refractivity contribution in [2.75, 3.05) is 19.7 Å². The van der Waals surface area contributed by atoms with Crippen molar-refractivity contribution in [1.29, 1.82) is 0 Å². The summed E-state index contributed by atoms with van der Waals surface area (Å²) >= 11 is 0. The van der Waals surface area contributed by atoms with Crippen LogP contribution in [0.4, 0.5) is 0 Å². The molecule has 5 heteroatoms. The average Bonchev–Trinajstić information content (AvgIpc) is 3.12. The Morgan fingerprint density at radius 3 is 2.84 bits per heavy atom. The zero-order valence-electron chi connectivity index (χ0n) is 11.6. The van der Waals surface area contributed by atoms with Crippen LogP contribution in [0.25, 0.3) is 0 Å². The fourth-order valence-electron chi connectivity index (χ4n) is 2.59. The van der Waals surface area contributed by atoms with Crippen LogP contribution in [0, 0.1) is 11.8 Å². The third-order valence-corrected chi connectivity index (χ3v) is 4.08. The number of amides is 2. The van der Waals surface area contributed by atoms with Crippen molar-refractivity contribution in [3.8, 4) is 0 Å². The van der Waals surface area contributed by atoms with Gasteiger partial charge < -0.3 is 15.3 Å². The van der Waals surface area contributed by atoms with Gasteiger partial charge in [0.25, 0.3) is 0 Å². The molecular weight excluding hydrogens is 244 g/mol. The van der Waals surface area contributed by atoms with Gasteiger partial charge in [0.2, 0.25) is 11.8 Å². The predicted octanol–water partition coefficient (Wildman–Crippen LogP) is 0.522. The van der Waals surface area contributed by atoms with E-state index in [-0.39, 0.29) is 30.4 Å². The van der Waals surface area contributed by atoms with Gasteiger partial charge >= 0.3 is 0 Å². The van der Waals surface area contributed by atoms with Crippen molar-refractivity contribution in [3.63, 3.8) is 0 Å². The number of likely N-dealkylation sites (tertiary alicyclic amines) is 1. The number of carbonyl (C=O) groups excluding carboxylic acids is 2. The fraction of sp³-hybridized carbons (Fsp3) is 0.857. The minimum Gasteiger partial charge on any atom is -0.396 e. The first kappa shape index (κ1) is 14.3. The molecule has 2 unspecified atom stereocenters. The summed E-state index contributed by atoms with van der Waals surface area (Å²) in [7, 11) is 0. The standard InChI is InChI=1S/C14H24N2O3/c1-2-12(5-6-17)15-14(19)11-7-13(18)16(9-11)8-10-3-4-10/h10-12,17H,2-9H2,1H3,(H,15,19). The van der Waals surface area contributed by atoms with Crippen LogP contribution < -0.4 is 5.32 Å². The zero-order valence-corrected chi connectivity index (χ0v) is 11.6. The van der Waals surface area contributed by atoms with Crippen LogP contribution in [-0.2, 0) is 9.59 Å². The van der Waals surface area contributed by atoms with E-state index in [1.165, 1.54) is 12.8 Å². The summed E-state index contributed by atoms with van der Waals surface area (Å²) in [6.07, 6.45) is 4.16. The molecule has 2 amide bonds. The molecule has 0 bridgehead atoms. The van der Waals surface area contributed by atoms with E-state index in [1.54, 1.807) is 0 Å². The van der Waals surface area contributed by atoms with Gasteiger partial charge in [-0.25, -0.2) is 0 Å². The lowest BCUT2D eigenvalue weighted by Crippen LogP contribution is -2.40. The van der Waals surface area contributed by atoms with Gasteiger partial charge in [0.15, 0.2) is 0 Å². The van der Waals surface area contributed by atoms with Gasteiger partial charge in [-0.2, -0.15) is 0 Å². The topological polar surface area (TPSA) is 69.6 Å². The van der Waals surface area contributed by atoms with Crippen molar-refractivity contribution >= 4 is 11.8 Å². The van der Waals surface area contributed by atoms with Crippen molar-refractivity contribution < 1.29 is 14.7 Å². The third kappa shape index (κ3) is 3.93. The number of aliphatic hydroxyl groups is 1. The Labute approximate surface area is 114 Å². The van der Waals surface area contributed by atoms with Gasteiger partial charge in [0.05, 0.1) is 5.92 Å². The molecule has 0 radical (unpaired) electrons. The molecular formula is C14H24N2O3. The Kier molecular flexibility index (Phi) is 4.80. The van der Waals surface area contributed by atoms with Gasteiger partial charge in [-0.1, -0.05) is 6.92 Å². The van der Waals surface area contributed by atoms with Crippen LogP contribution in [0.5, 0.6) is 0 Å². The van der Waals surface area contributed by atoms with Crippen LogP contribution in [0.3, 0.4) is 0 Å². The second-order valence-corrected chi connectivity index (χ2v) is 5.77. The minimum absolute atomic E-state index is 0.0186. The Morgan fingerprint density at radius 1 is 1.53 bits per heavy atom. The molecule has 2 atom stereocenters. The molecule has 19 heavy (non-hydrogen) atoms. The SMILES string of the molecule is CCC(CCO)NC(=O)C1CC(=O)N(CC2CC2)C1. The highest BCUT2D eigenvalue weighted by atomic mass is 16.3. The van der Waals surface area contributed by atoms with E-state index in [0.717, 1.165) is 13.0 Å². The third-order valence-electron chi connectivity index (χ3n) is 4.08. The monoisotopic (exact) mass is 268 g/mol. The molecule has 1 aliphatic carbocycles. The molecule has 2 aliphatic rings. The molecule has 2 fully saturated rings. The van der Waals surface area contributed by atoms with Crippen LogP contribution >= 0.6 is 0 Å². The van der Waals surface area contributed by atoms with E-state index in [1.807, 2.05) is 11.8 Å². The number of hydrogen-bond acceptors (Lipinski definition) is 3. The van der Waals surface area contributed by atoms with Crippen LogP contribution in [0.1, 0.15) is 39.0 Å². The highest BCUT2D eigenvalue weighted by Crippen LogP contribution is 2.32. The van der Waals surface area contributed by atoms with Crippen LogP contribution in [0.2, 0.25) is 0 Å². The maximum Gasteiger partial charge on any atom is 0.225 e. The van der Waals surface area contributed by atoms with E-state index < -0.39 is 0 Å². The number of nitrogens with one attached hydrogen (secondary N) is 1. The minimum atomic E-state index is -0.209. The molecule has 2 N–H and O–H groups in total. The Balaban J connectivity index is 1.80. The fourth-order valence-corrected chi connectivity index (χ4v) is 2.59. The maximum absolute atomic E-state index is 12.1. The number of carbonyl (C=O) groups is 2. The Morgan fingerprint density at radius 2 is 2.26 bits per heavy atom. The molecule has 1 saturated carbocycles. The van der Waals surface area contributed by atoms with E-state index >= 15 is 0 Å². The number of hydrogen-bond donors (Lipinski definition) is 2. The molecule has 5 nitrogen and oxygen atoms in total. The smallest absolute Gasteiger partial charge is 0.225 e. The van der Waals surface area contributed by atoms with Crippen LogP contribution in [0.15, 0.2) is 0 Å². The van der Waals surface area contributed by atoms with Gasteiger partial charge in [-0.15, -0.1) is 0 Å². The lowest BCUT2D eigenvalue weighted by atomic mass is 10.1. The summed E-state index contributed by atoms with van der Waals surface area (Å²) in [6.45, 7) is 3.46. The molecule has 2 rings (SSSR count). The van der Waals surface area contributed by atoms with Crippen molar-refractivity contribution in [2.24, 2.45) is 11.8 Å². The number of aliphatic hydroxyl groups excluding tert-OH is 1. The lowest BCUT2D eigenvalue weighted by Gasteiger charge is -2.19. The van der Waals surface area contributed by atoms with E-state index in [2.05, 4.69) is 5.32 Å². The van der Waals surface area contributed by atoms with E-state index in [4.69, 9.17) is 5.11 Å². The highest BCUT2D eigenvalue weighted by molar-refractivity contribution is 5.89. The molecule has 1 aliphatic heterocycles. The van der Waals surface area contributed by atoms with E-state index in [0.29, 0.717) is 25.3 Å². The number of nitrogens with zero attached hydrogens (tertiary/aromatic N) is 1. The summed E-state index contributed by atoms with van der Waals surface area (Å²) in [5, 5.41) is 11.9. The highest BCUT2D eigenvalue weighted by Gasteiger charge is 2.37. The lowest BCUT2D eigenvalue weighted by molar-refractivity contribution is -0.129. The largest absolute Gasteiger partial charge is 0.396 e. The maximum atomic E-state index is 12.1. The molecule has 1 saturated heterocycles.